The van der Waals surface area contributed by atoms with Crippen LogP contribution < -0.4 is 5.32 Å². The molecular weight excluding hydrogens is 481 g/mol. The third kappa shape index (κ3) is 6.48. The van der Waals surface area contributed by atoms with Gasteiger partial charge in [-0.3, -0.25) is 9.59 Å². The second-order valence-electron chi connectivity index (χ2n) is 6.76. The number of hydrogen-bond donors (Lipinski definition) is 1. The number of nitrogens with zero attached hydrogens (tertiary/aromatic N) is 3. The molecule has 1 N–H and O–H groups in total. The lowest BCUT2D eigenvalue weighted by atomic mass is 10.2. The Morgan fingerprint density at radius 3 is 2.52 bits per heavy atom. The summed E-state index contributed by atoms with van der Waals surface area (Å²) in [5.74, 6) is -5.55. The number of aromatic nitrogens is 2. The molecule has 0 saturated carbocycles. The van der Waals surface area contributed by atoms with Crippen molar-refractivity contribution in [3.05, 3.63) is 58.9 Å². The summed E-state index contributed by atoms with van der Waals surface area (Å²) < 4.78 is 45.7. The van der Waals surface area contributed by atoms with E-state index in [9.17, 15) is 22.8 Å². The number of carbonyl (C=O) groups excluding carboxylic acids is 2. The summed E-state index contributed by atoms with van der Waals surface area (Å²) in [6.07, 6.45) is 0.560. The molecule has 12 heteroatoms. The van der Waals surface area contributed by atoms with Crippen LogP contribution in [0.3, 0.4) is 0 Å². The van der Waals surface area contributed by atoms with Gasteiger partial charge in [-0.05, 0) is 42.8 Å². The van der Waals surface area contributed by atoms with E-state index in [0.29, 0.717) is 23.1 Å². The van der Waals surface area contributed by atoms with Crippen LogP contribution in [0.15, 0.2) is 46.0 Å². The van der Waals surface area contributed by atoms with E-state index in [4.69, 9.17) is 16.0 Å². The van der Waals surface area contributed by atoms with Crippen molar-refractivity contribution in [1.29, 1.82) is 0 Å². The predicted octanol–water partition coefficient (Wildman–Crippen LogP) is 4.78. The molecule has 0 saturated heterocycles. The van der Waals surface area contributed by atoms with Crippen molar-refractivity contribution in [2.24, 2.45) is 0 Å². The third-order valence-corrected chi connectivity index (χ3v) is 5.36. The van der Waals surface area contributed by atoms with Gasteiger partial charge in [0.05, 0.1) is 18.0 Å². The Labute approximate surface area is 196 Å². The number of halogens is 4. The normalized spacial score (nSPS) is 10.8. The highest BCUT2D eigenvalue weighted by Crippen LogP contribution is 2.25. The maximum atomic E-state index is 13.8. The second-order valence-corrected chi connectivity index (χ2v) is 8.12. The van der Waals surface area contributed by atoms with Crippen LogP contribution in [0.2, 0.25) is 5.02 Å². The number of anilines is 1. The average Bonchev–Trinajstić information content (AvgIpc) is 3.27. The summed E-state index contributed by atoms with van der Waals surface area (Å²) in [4.78, 5) is 26.1. The SMILES string of the molecule is CCCN(CC(=O)Nc1ccc(F)c(F)c1F)C(=O)CSc1nnc(-c2ccc(Cl)cc2)o1. The van der Waals surface area contributed by atoms with Gasteiger partial charge in [-0.25, -0.2) is 13.2 Å². The summed E-state index contributed by atoms with van der Waals surface area (Å²) in [6.45, 7) is 1.68. The predicted molar refractivity (Wildman–Crippen MR) is 117 cm³/mol. The zero-order valence-corrected chi connectivity index (χ0v) is 18.9. The summed E-state index contributed by atoms with van der Waals surface area (Å²) in [5.41, 5.74) is 0.150. The quantitative estimate of drug-likeness (QED) is 0.337. The number of hydrogen-bond acceptors (Lipinski definition) is 6. The Kier molecular flexibility index (Phi) is 8.34. The van der Waals surface area contributed by atoms with Gasteiger partial charge in [0.1, 0.15) is 0 Å². The zero-order valence-electron chi connectivity index (χ0n) is 17.3. The molecule has 2 amide bonds. The van der Waals surface area contributed by atoms with Crippen LogP contribution in [0.5, 0.6) is 0 Å². The van der Waals surface area contributed by atoms with E-state index in [0.717, 1.165) is 17.8 Å². The molecule has 0 aliphatic rings. The fourth-order valence-corrected chi connectivity index (χ4v) is 3.53. The van der Waals surface area contributed by atoms with Gasteiger partial charge in [0.25, 0.3) is 5.22 Å². The minimum absolute atomic E-state index is 0.0882. The largest absolute Gasteiger partial charge is 0.411 e. The smallest absolute Gasteiger partial charge is 0.277 e. The van der Waals surface area contributed by atoms with E-state index in [1.807, 2.05) is 6.92 Å². The van der Waals surface area contributed by atoms with Crippen LogP contribution in [0.4, 0.5) is 18.9 Å². The van der Waals surface area contributed by atoms with Crippen molar-refractivity contribution < 1.29 is 27.2 Å². The number of nitrogens with one attached hydrogen (secondary N) is 1. The number of benzene rings is 2. The molecule has 1 heterocycles. The lowest BCUT2D eigenvalue weighted by Gasteiger charge is -2.21. The Morgan fingerprint density at radius 2 is 1.82 bits per heavy atom. The van der Waals surface area contributed by atoms with Crippen LogP contribution in [-0.4, -0.2) is 45.8 Å². The van der Waals surface area contributed by atoms with E-state index < -0.39 is 41.5 Å². The highest BCUT2D eigenvalue weighted by atomic mass is 35.5. The summed E-state index contributed by atoms with van der Waals surface area (Å²) in [5, 5.41) is 10.7. The first-order valence-corrected chi connectivity index (χ1v) is 11.1. The number of carbonyl (C=O) groups is 2. The standard InChI is InChI=1S/C21H18ClF3N4O3S/c1-2-9-29(10-16(30)26-15-8-7-14(23)18(24)19(15)25)17(31)11-33-21-28-27-20(32-21)12-3-5-13(22)6-4-12/h3-8H,2,9-11H2,1H3,(H,26,30). The molecule has 33 heavy (non-hydrogen) atoms. The molecule has 3 aromatic rings. The van der Waals surface area contributed by atoms with Crippen LogP contribution in [-0.2, 0) is 9.59 Å². The minimum atomic E-state index is -1.69. The molecule has 0 unspecified atom stereocenters. The fourth-order valence-electron chi connectivity index (χ4n) is 2.74. The lowest BCUT2D eigenvalue weighted by molar-refractivity contribution is -0.132. The molecular formula is C21H18ClF3N4O3S. The summed E-state index contributed by atoms with van der Waals surface area (Å²) in [6, 6.07) is 8.39. The number of amides is 2. The van der Waals surface area contributed by atoms with E-state index in [-0.39, 0.29) is 23.4 Å². The summed E-state index contributed by atoms with van der Waals surface area (Å²) in [7, 11) is 0. The number of rotatable bonds is 9. The Morgan fingerprint density at radius 1 is 1.09 bits per heavy atom. The highest BCUT2D eigenvalue weighted by Gasteiger charge is 2.20. The number of thioether (sulfide) groups is 1. The maximum absolute atomic E-state index is 13.8. The highest BCUT2D eigenvalue weighted by molar-refractivity contribution is 7.99. The molecule has 0 spiro atoms. The molecule has 2 aromatic carbocycles. The maximum Gasteiger partial charge on any atom is 0.277 e. The second kappa shape index (κ2) is 11.2. The van der Waals surface area contributed by atoms with Crippen molar-refractivity contribution in [3.8, 4) is 11.5 Å². The van der Waals surface area contributed by atoms with Crippen LogP contribution in [0.1, 0.15) is 13.3 Å². The first-order valence-electron chi connectivity index (χ1n) is 9.71. The fraction of sp³-hybridized carbons (Fsp3) is 0.238. The van der Waals surface area contributed by atoms with E-state index in [1.165, 1.54) is 4.90 Å². The summed E-state index contributed by atoms with van der Waals surface area (Å²) >= 11 is 6.85. The average molecular weight is 499 g/mol. The van der Waals surface area contributed by atoms with Crippen LogP contribution in [0.25, 0.3) is 11.5 Å². The molecule has 7 nitrogen and oxygen atoms in total. The van der Waals surface area contributed by atoms with Gasteiger partial charge in [0.2, 0.25) is 17.7 Å². The van der Waals surface area contributed by atoms with Crippen molar-refractivity contribution in [3.63, 3.8) is 0 Å². The van der Waals surface area contributed by atoms with Crippen LogP contribution >= 0.6 is 23.4 Å². The Balaban J connectivity index is 1.58. The molecule has 3 rings (SSSR count). The third-order valence-electron chi connectivity index (χ3n) is 4.31. The molecule has 0 atom stereocenters. The topological polar surface area (TPSA) is 88.3 Å². The Hall–Kier alpha value is -3.05. The molecule has 174 valence electrons. The molecule has 0 radical (unpaired) electrons. The van der Waals surface area contributed by atoms with E-state index in [1.54, 1.807) is 24.3 Å². The van der Waals surface area contributed by atoms with Gasteiger partial charge >= 0.3 is 0 Å². The van der Waals surface area contributed by atoms with Crippen molar-refractivity contribution in [1.82, 2.24) is 15.1 Å². The van der Waals surface area contributed by atoms with Crippen LogP contribution in [0, 0.1) is 17.5 Å². The van der Waals surface area contributed by atoms with Gasteiger partial charge in [-0.15, -0.1) is 10.2 Å². The molecule has 0 aliphatic carbocycles. The van der Waals surface area contributed by atoms with Crippen molar-refractivity contribution in [2.75, 3.05) is 24.2 Å². The van der Waals surface area contributed by atoms with E-state index in [2.05, 4.69) is 15.5 Å². The van der Waals surface area contributed by atoms with Crippen molar-refractivity contribution >= 4 is 40.9 Å². The van der Waals surface area contributed by atoms with Gasteiger partial charge in [-0.1, -0.05) is 30.3 Å². The molecule has 0 fully saturated rings. The first kappa shape index (κ1) is 24.6. The first-order chi connectivity index (χ1) is 15.8. The van der Waals surface area contributed by atoms with Crippen molar-refractivity contribution in [2.45, 2.75) is 18.6 Å². The molecule has 0 bridgehead atoms. The zero-order chi connectivity index (χ0) is 24.0. The van der Waals surface area contributed by atoms with Gasteiger partial charge in [0, 0.05) is 17.1 Å². The molecule has 1 aromatic heterocycles. The van der Waals surface area contributed by atoms with Gasteiger partial charge in [0.15, 0.2) is 17.5 Å². The monoisotopic (exact) mass is 498 g/mol. The molecule has 0 aliphatic heterocycles. The van der Waals surface area contributed by atoms with E-state index >= 15 is 0 Å². The minimum Gasteiger partial charge on any atom is -0.411 e. The lowest BCUT2D eigenvalue weighted by Crippen LogP contribution is -2.39. The Bertz CT molecular complexity index is 1140. The van der Waals surface area contributed by atoms with Gasteiger partial charge in [-0.2, -0.15) is 0 Å². The van der Waals surface area contributed by atoms with Gasteiger partial charge < -0.3 is 14.6 Å².